The van der Waals surface area contributed by atoms with E-state index in [1.807, 2.05) is 30.3 Å². The van der Waals surface area contributed by atoms with Gasteiger partial charge in [-0.2, -0.15) is 4.72 Å². The van der Waals surface area contributed by atoms with E-state index in [0.29, 0.717) is 5.69 Å². The number of nitrogens with one attached hydrogen (secondary N) is 2. The summed E-state index contributed by atoms with van der Waals surface area (Å²) in [6.07, 6.45) is 0.156. The summed E-state index contributed by atoms with van der Waals surface area (Å²) >= 11 is 3.27. The summed E-state index contributed by atoms with van der Waals surface area (Å²) in [5, 5.41) is 2.63. The quantitative estimate of drug-likeness (QED) is 0.538. The van der Waals surface area contributed by atoms with Crippen LogP contribution in [0.4, 0.5) is 10.1 Å². The fraction of sp³-hybridized carbons (Fsp3) is 0.0952. The lowest BCUT2D eigenvalue weighted by atomic mass is 10.1. The third-order valence-electron chi connectivity index (χ3n) is 4.13. The third kappa shape index (κ3) is 5.96. The average Bonchev–Trinajstić information content (AvgIpc) is 2.70. The number of carbonyl (C=O) groups is 1. The van der Waals surface area contributed by atoms with Crippen LogP contribution in [0.25, 0.3) is 0 Å². The molecule has 3 rings (SSSR count). The van der Waals surface area contributed by atoms with Crippen molar-refractivity contribution in [3.05, 3.63) is 94.7 Å². The third-order valence-corrected chi connectivity index (χ3v) is 6.15. The van der Waals surface area contributed by atoms with Gasteiger partial charge in [0.1, 0.15) is 11.9 Å². The van der Waals surface area contributed by atoms with Gasteiger partial charge in [-0.1, -0.05) is 46.3 Å². The molecular formula is C21H18BrFN2O3S. The van der Waals surface area contributed by atoms with Gasteiger partial charge >= 0.3 is 0 Å². The zero-order chi connectivity index (χ0) is 20.9. The number of benzene rings is 3. The summed E-state index contributed by atoms with van der Waals surface area (Å²) in [5.74, 6) is -0.971. The van der Waals surface area contributed by atoms with Crippen LogP contribution in [0.5, 0.6) is 0 Å². The number of sulfonamides is 1. The molecule has 1 atom stereocenters. The zero-order valence-corrected chi connectivity index (χ0v) is 17.6. The van der Waals surface area contributed by atoms with E-state index in [4.69, 9.17) is 0 Å². The molecule has 0 fully saturated rings. The summed E-state index contributed by atoms with van der Waals surface area (Å²) < 4.78 is 41.9. The van der Waals surface area contributed by atoms with Crippen molar-refractivity contribution in [3.63, 3.8) is 0 Å². The maximum atomic E-state index is 13.1. The molecule has 0 aliphatic rings. The second-order valence-electron chi connectivity index (χ2n) is 6.31. The van der Waals surface area contributed by atoms with Crippen LogP contribution in [-0.4, -0.2) is 20.4 Å². The van der Waals surface area contributed by atoms with E-state index >= 15 is 0 Å². The molecule has 1 amide bonds. The molecule has 8 heteroatoms. The smallest absolute Gasteiger partial charge is 0.242 e. The molecule has 0 radical (unpaired) electrons. The molecule has 0 saturated carbocycles. The van der Waals surface area contributed by atoms with Crippen molar-refractivity contribution in [2.24, 2.45) is 0 Å². The molecule has 0 saturated heterocycles. The predicted molar refractivity (Wildman–Crippen MR) is 113 cm³/mol. The first kappa shape index (κ1) is 21.2. The van der Waals surface area contributed by atoms with E-state index in [-0.39, 0.29) is 11.3 Å². The number of halogens is 2. The van der Waals surface area contributed by atoms with Crippen LogP contribution in [0.2, 0.25) is 0 Å². The SMILES string of the molecule is O=C(Nc1ccc(F)cc1)[C@H](Cc1ccccc1)NS(=O)(=O)c1ccc(Br)cc1. The lowest BCUT2D eigenvalue weighted by Gasteiger charge is -2.19. The Morgan fingerprint density at radius 1 is 0.931 bits per heavy atom. The van der Waals surface area contributed by atoms with Crippen LogP contribution in [-0.2, 0) is 21.2 Å². The summed E-state index contributed by atoms with van der Waals surface area (Å²) in [7, 11) is -3.93. The molecule has 5 nitrogen and oxygen atoms in total. The van der Waals surface area contributed by atoms with E-state index in [9.17, 15) is 17.6 Å². The molecule has 0 spiro atoms. The summed E-state index contributed by atoms with van der Waals surface area (Å²) in [4.78, 5) is 12.9. The number of hydrogen-bond acceptors (Lipinski definition) is 3. The van der Waals surface area contributed by atoms with E-state index in [0.717, 1.165) is 10.0 Å². The molecule has 3 aromatic rings. The molecular weight excluding hydrogens is 459 g/mol. The van der Waals surface area contributed by atoms with Crippen LogP contribution >= 0.6 is 15.9 Å². The van der Waals surface area contributed by atoms with Gasteiger partial charge in [-0.3, -0.25) is 4.79 Å². The number of amides is 1. The highest BCUT2D eigenvalue weighted by Crippen LogP contribution is 2.16. The minimum absolute atomic E-state index is 0.0494. The Bertz CT molecular complexity index is 1070. The van der Waals surface area contributed by atoms with Gasteiger partial charge in [0.2, 0.25) is 15.9 Å². The van der Waals surface area contributed by atoms with Crippen molar-refractivity contribution >= 4 is 37.5 Å². The van der Waals surface area contributed by atoms with Gasteiger partial charge in [0.25, 0.3) is 0 Å². The molecule has 150 valence electrons. The van der Waals surface area contributed by atoms with E-state index in [1.165, 1.54) is 36.4 Å². The first-order valence-electron chi connectivity index (χ1n) is 8.72. The van der Waals surface area contributed by atoms with Crippen LogP contribution in [0.15, 0.2) is 88.2 Å². The van der Waals surface area contributed by atoms with Crippen LogP contribution in [0, 0.1) is 5.82 Å². The highest BCUT2D eigenvalue weighted by atomic mass is 79.9. The van der Waals surface area contributed by atoms with Gasteiger partial charge in [-0.15, -0.1) is 0 Å². The van der Waals surface area contributed by atoms with Crippen LogP contribution in [0.3, 0.4) is 0 Å². The Kier molecular flexibility index (Phi) is 6.79. The van der Waals surface area contributed by atoms with Crippen molar-refractivity contribution in [2.75, 3.05) is 5.32 Å². The summed E-state index contributed by atoms with van der Waals surface area (Å²) in [6, 6.07) is 19.4. The molecule has 3 aromatic carbocycles. The Hall–Kier alpha value is -2.55. The largest absolute Gasteiger partial charge is 0.325 e. The van der Waals surface area contributed by atoms with E-state index < -0.39 is 27.8 Å². The minimum atomic E-state index is -3.93. The van der Waals surface area contributed by atoms with Crippen molar-refractivity contribution < 1.29 is 17.6 Å². The van der Waals surface area contributed by atoms with E-state index in [2.05, 4.69) is 26.0 Å². The van der Waals surface area contributed by atoms with Gasteiger partial charge in [-0.25, -0.2) is 12.8 Å². The fourth-order valence-electron chi connectivity index (χ4n) is 2.67. The highest BCUT2D eigenvalue weighted by molar-refractivity contribution is 9.10. The Balaban J connectivity index is 1.84. The van der Waals surface area contributed by atoms with Gasteiger partial charge in [0, 0.05) is 10.2 Å². The molecule has 0 aromatic heterocycles. The second kappa shape index (κ2) is 9.30. The van der Waals surface area contributed by atoms with E-state index in [1.54, 1.807) is 12.1 Å². The molecule has 0 aliphatic carbocycles. The standard InChI is InChI=1S/C21H18BrFN2O3S/c22-16-6-12-19(13-7-16)29(27,28)25-20(14-15-4-2-1-3-5-15)21(26)24-18-10-8-17(23)9-11-18/h1-13,20,25H,14H2,(H,24,26)/t20-/m0/s1. The normalized spacial score (nSPS) is 12.3. The monoisotopic (exact) mass is 476 g/mol. The topological polar surface area (TPSA) is 75.3 Å². The Morgan fingerprint density at radius 3 is 2.17 bits per heavy atom. The van der Waals surface area contributed by atoms with Gasteiger partial charge in [-0.05, 0) is 60.5 Å². The van der Waals surface area contributed by atoms with Crippen molar-refractivity contribution in [1.29, 1.82) is 0 Å². The van der Waals surface area contributed by atoms with Gasteiger partial charge in [0.15, 0.2) is 0 Å². The van der Waals surface area contributed by atoms with Gasteiger partial charge in [0.05, 0.1) is 4.90 Å². The lowest BCUT2D eigenvalue weighted by Crippen LogP contribution is -2.45. The molecule has 0 heterocycles. The summed E-state index contributed by atoms with van der Waals surface area (Å²) in [6.45, 7) is 0. The second-order valence-corrected chi connectivity index (χ2v) is 8.94. The first-order chi connectivity index (χ1) is 13.8. The van der Waals surface area contributed by atoms with Crippen molar-refractivity contribution in [3.8, 4) is 0 Å². The number of anilines is 1. The maximum Gasteiger partial charge on any atom is 0.242 e. The lowest BCUT2D eigenvalue weighted by molar-refractivity contribution is -0.117. The molecule has 29 heavy (non-hydrogen) atoms. The molecule has 2 N–H and O–H groups in total. The molecule has 0 bridgehead atoms. The first-order valence-corrected chi connectivity index (χ1v) is 11.0. The molecule has 0 unspecified atom stereocenters. The number of rotatable bonds is 7. The average molecular weight is 477 g/mol. The zero-order valence-electron chi connectivity index (χ0n) is 15.2. The van der Waals surface area contributed by atoms with Gasteiger partial charge < -0.3 is 5.32 Å². The fourth-order valence-corrected chi connectivity index (χ4v) is 4.13. The van der Waals surface area contributed by atoms with Crippen molar-refractivity contribution in [2.45, 2.75) is 17.4 Å². The van der Waals surface area contributed by atoms with Crippen molar-refractivity contribution in [1.82, 2.24) is 4.72 Å². The maximum absolute atomic E-state index is 13.1. The summed E-state index contributed by atoms with van der Waals surface area (Å²) in [5.41, 5.74) is 1.17. The number of carbonyl (C=O) groups excluding carboxylic acids is 1. The number of hydrogen-bond donors (Lipinski definition) is 2. The predicted octanol–water partition coefficient (Wildman–Crippen LogP) is 4.12. The van der Waals surface area contributed by atoms with Crippen LogP contribution < -0.4 is 10.0 Å². The molecule has 0 aliphatic heterocycles. The Morgan fingerprint density at radius 2 is 1.55 bits per heavy atom. The highest BCUT2D eigenvalue weighted by Gasteiger charge is 2.26. The minimum Gasteiger partial charge on any atom is -0.325 e. The van der Waals surface area contributed by atoms with Crippen LogP contribution in [0.1, 0.15) is 5.56 Å². The Labute approximate surface area is 177 Å².